The molecule has 1 aliphatic heterocycles. The maximum Gasteiger partial charge on any atom is 0.257 e. The molecule has 0 spiro atoms. The van der Waals surface area contributed by atoms with Gasteiger partial charge in [0.1, 0.15) is 5.52 Å². The minimum Gasteiger partial charge on any atom is -0.454 e. The Kier molecular flexibility index (Phi) is 5.26. The maximum absolute atomic E-state index is 13.2. The van der Waals surface area contributed by atoms with Gasteiger partial charge in [-0.05, 0) is 41.5 Å². The molecule has 0 fully saturated rings. The van der Waals surface area contributed by atoms with Crippen molar-refractivity contribution in [1.82, 2.24) is 9.88 Å². The van der Waals surface area contributed by atoms with Crippen molar-refractivity contribution < 1.29 is 18.7 Å². The lowest BCUT2D eigenvalue weighted by Gasteiger charge is -2.19. The van der Waals surface area contributed by atoms with Gasteiger partial charge >= 0.3 is 0 Å². The highest BCUT2D eigenvalue weighted by molar-refractivity contribution is 7.98. The predicted molar refractivity (Wildman–Crippen MR) is 118 cm³/mol. The number of thioether (sulfide) groups is 1. The third kappa shape index (κ3) is 4.09. The predicted octanol–water partition coefficient (Wildman–Crippen LogP) is 5.12. The maximum atomic E-state index is 13.2. The zero-order valence-corrected chi connectivity index (χ0v) is 17.7. The number of amides is 1. The van der Waals surface area contributed by atoms with Gasteiger partial charge in [-0.1, -0.05) is 48.2 Å². The number of hydrogen-bond donors (Lipinski definition) is 0. The first-order chi connectivity index (χ1) is 15.2. The zero-order valence-electron chi connectivity index (χ0n) is 16.9. The molecule has 156 valence electrons. The smallest absolute Gasteiger partial charge is 0.257 e. The summed E-state index contributed by atoms with van der Waals surface area (Å²) in [6.07, 6.45) is 0. The van der Waals surface area contributed by atoms with Crippen LogP contribution in [0.15, 0.2) is 76.4 Å². The average molecular weight is 433 g/mol. The molecule has 0 saturated heterocycles. The van der Waals surface area contributed by atoms with E-state index in [1.165, 1.54) is 11.8 Å². The first-order valence-corrected chi connectivity index (χ1v) is 10.9. The SMILES string of the molecule is CN(Cc1ccc2c(c1)OCO2)C(=O)c1ccccc1CSc1nc2ccccc2o1. The zero-order chi connectivity index (χ0) is 21.2. The number of fused-ring (bicyclic) bond motifs is 2. The lowest BCUT2D eigenvalue weighted by Crippen LogP contribution is -2.27. The molecule has 5 rings (SSSR count). The number of carbonyl (C=O) groups is 1. The lowest BCUT2D eigenvalue weighted by atomic mass is 10.1. The van der Waals surface area contributed by atoms with Gasteiger partial charge in [-0.25, -0.2) is 4.98 Å². The van der Waals surface area contributed by atoms with E-state index in [1.54, 1.807) is 11.9 Å². The molecule has 0 atom stereocenters. The number of nitrogens with zero attached hydrogens (tertiary/aromatic N) is 2. The van der Waals surface area contributed by atoms with Crippen LogP contribution in [0.3, 0.4) is 0 Å². The summed E-state index contributed by atoms with van der Waals surface area (Å²) in [6, 6.07) is 21.1. The molecule has 1 aromatic heterocycles. The van der Waals surface area contributed by atoms with Crippen molar-refractivity contribution >= 4 is 28.8 Å². The number of para-hydroxylation sites is 2. The van der Waals surface area contributed by atoms with E-state index in [-0.39, 0.29) is 12.7 Å². The minimum absolute atomic E-state index is 0.0357. The molecule has 0 N–H and O–H groups in total. The highest BCUT2D eigenvalue weighted by Gasteiger charge is 2.19. The van der Waals surface area contributed by atoms with Gasteiger partial charge in [0.05, 0.1) is 0 Å². The van der Waals surface area contributed by atoms with E-state index in [1.807, 2.05) is 66.7 Å². The summed E-state index contributed by atoms with van der Waals surface area (Å²) in [6.45, 7) is 0.709. The van der Waals surface area contributed by atoms with Gasteiger partial charge in [-0.3, -0.25) is 4.79 Å². The Morgan fingerprint density at radius 3 is 2.74 bits per heavy atom. The van der Waals surface area contributed by atoms with Gasteiger partial charge in [0.25, 0.3) is 11.1 Å². The topological polar surface area (TPSA) is 64.8 Å². The summed E-state index contributed by atoms with van der Waals surface area (Å²) in [4.78, 5) is 19.4. The first kappa shape index (κ1) is 19.5. The van der Waals surface area contributed by atoms with Crippen LogP contribution in [-0.4, -0.2) is 29.6 Å². The highest BCUT2D eigenvalue weighted by Crippen LogP contribution is 2.33. The molecule has 0 aliphatic carbocycles. The molecule has 0 bridgehead atoms. The largest absolute Gasteiger partial charge is 0.454 e. The Labute approximate surface area is 183 Å². The number of carbonyl (C=O) groups excluding carboxylic acids is 1. The Bertz CT molecular complexity index is 1220. The summed E-state index contributed by atoms with van der Waals surface area (Å²) < 4.78 is 16.6. The van der Waals surface area contributed by atoms with Crippen LogP contribution in [0.1, 0.15) is 21.5 Å². The first-order valence-electron chi connectivity index (χ1n) is 9.87. The van der Waals surface area contributed by atoms with Crippen LogP contribution in [0.5, 0.6) is 11.5 Å². The Morgan fingerprint density at radius 2 is 1.84 bits per heavy atom. The van der Waals surface area contributed by atoms with Gasteiger partial charge in [-0.15, -0.1) is 0 Å². The second-order valence-electron chi connectivity index (χ2n) is 7.24. The number of hydrogen-bond acceptors (Lipinski definition) is 6. The van der Waals surface area contributed by atoms with E-state index < -0.39 is 0 Å². The highest BCUT2D eigenvalue weighted by atomic mass is 32.2. The summed E-state index contributed by atoms with van der Waals surface area (Å²) >= 11 is 1.48. The molecule has 1 amide bonds. The van der Waals surface area contributed by atoms with Crippen molar-refractivity contribution in [2.45, 2.75) is 17.5 Å². The standard InChI is InChI=1S/C24H20N2O4S/c1-26(13-16-10-11-21-22(12-16)29-15-28-21)23(27)18-7-3-2-6-17(18)14-31-24-25-19-8-4-5-9-20(19)30-24/h2-12H,13-15H2,1H3. The molecule has 2 heterocycles. The molecule has 3 aromatic carbocycles. The van der Waals surface area contributed by atoms with Gasteiger partial charge < -0.3 is 18.8 Å². The van der Waals surface area contributed by atoms with Crippen LogP contribution >= 0.6 is 11.8 Å². The fourth-order valence-corrected chi connectivity index (χ4v) is 4.34. The summed E-state index contributed by atoms with van der Waals surface area (Å²) in [5, 5.41) is 0.595. The molecule has 7 heteroatoms. The molecule has 0 unspecified atom stereocenters. The van der Waals surface area contributed by atoms with Crippen molar-refractivity contribution in [2.24, 2.45) is 0 Å². The van der Waals surface area contributed by atoms with Gasteiger partial charge in [0.15, 0.2) is 17.1 Å². The van der Waals surface area contributed by atoms with E-state index >= 15 is 0 Å². The van der Waals surface area contributed by atoms with Crippen molar-refractivity contribution in [3.63, 3.8) is 0 Å². The van der Waals surface area contributed by atoms with Crippen molar-refractivity contribution in [3.8, 4) is 11.5 Å². The Balaban J connectivity index is 1.30. The number of ether oxygens (including phenoxy) is 2. The summed E-state index contributed by atoms with van der Waals surface area (Å²) in [5.41, 5.74) is 4.20. The molecule has 6 nitrogen and oxygen atoms in total. The summed E-state index contributed by atoms with van der Waals surface area (Å²) in [7, 11) is 1.80. The molecular weight excluding hydrogens is 412 g/mol. The molecule has 0 radical (unpaired) electrons. The van der Waals surface area contributed by atoms with Gasteiger partial charge in [0.2, 0.25) is 6.79 Å². The normalized spacial score (nSPS) is 12.3. The second kappa shape index (κ2) is 8.35. The third-order valence-electron chi connectivity index (χ3n) is 5.08. The van der Waals surface area contributed by atoms with Crippen LogP contribution < -0.4 is 9.47 Å². The number of benzene rings is 3. The van der Waals surface area contributed by atoms with Crippen molar-refractivity contribution in [3.05, 3.63) is 83.4 Å². The van der Waals surface area contributed by atoms with Crippen LogP contribution in [-0.2, 0) is 12.3 Å². The number of oxazole rings is 1. The fraction of sp³-hybridized carbons (Fsp3) is 0.167. The van der Waals surface area contributed by atoms with E-state index in [0.29, 0.717) is 28.8 Å². The molecule has 31 heavy (non-hydrogen) atoms. The van der Waals surface area contributed by atoms with Crippen LogP contribution in [0.4, 0.5) is 0 Å². The van der Waals surface area contributed by atoms with E-state index in [2.05, 4.69) is 4.98 Å². The lowest BCUT2D eigenvalue weighted by molar-refractivity contribution is 0.0784. The third-order valence-corrected chi connectivity index (χ3v) is 5.95. The second-order valence-corrected chi connectivity index (χ2v) is 8.17. The Morgan fingerprint density at radius 1 is 1.03 bits per heavy atom. The fourth-order valence-electron chi connectivity index (χ4n) is 3.50. The molecule has 0 saturated carbocycles. The van der Waals surface area contributed by atoms with Crippen molar-refractivity contribution in [2.75, 3.05) is 13.8 Å². The van der Waals surface area contributed by atoms with Gasteiger partial charge in [0, 0.05) is 24.9 Å². The Hall–Kier alpha value is -3.45. The quantitative estimate of drug-likeness (QED) is 0.394. The van der Waals surface area contributed by atoms with Crippen molar-refractivity contribution in [1.29, 1.82) is 0 Å². The average Bonchev–Trinajstić information content (AvgIpc) is 3.43. The molecule has 4 aromatic rings. The van der Waals surface area contributed by atoms with Gasteiger partial charge in [-0.2, -0.15) is 0 Å². The van der Waals surface area contributed by atoms with E-state index in [4.69, 9.17) is 13.9 Å². The molecule has 1 aliphatic rings. The number of rotatable bonds is 6. The van der Waals surface area contributed by atoms with Crippen LogP contribution in [0, 0.1) is 0 Å². The monoisotopic (exact) mass is 432 g/mol. The van der Waals surface area contributed by atoms with Crippen LogP contribution in [0.25, 0.3) is 11.1 Å². The molecular formula is C24H20N2O4S. The summed E-state index contributed by atoms with van der Waals surface area (Å²) in [5.74, 6) is 2.01. The van der Waals surface area contributed by atoms with Crippen LogP contribution in [0.2, 0.25) is 0 Å². The number of aromatic nitrogens is 1. The van der Waals surface area contributed by atoms with E-state index in [0.717, 1.165) is 28.0 Å². The minimum atomic E-state index is -0.0357. The van der Waals surface area contributed by atoms with E-state index in [9.17, 15) is 4.79 Å².